The van der Waals surface area contributed by atoms with Gasteiger partial charge in [-0.1, -0.05) is 0 Å². The van der Waals surface area contributed by atoms with E-state index >= 15 is 0 Å². The third-order valence-corrected chi connectivity index (χ3v) is 4.47. The fourth-order valence-corrected chi connectivity index (χ4v) is 3.04. The number of nitrogens with one attached hydrogen (secondary N) is 2. The van der Waals surface area contributed by atoms with Crippen LogP contribution < -0.4 is 15.6 Å². The van der Waals surface area contributed by atoms with Crippen LogP contribution in [0.25, 0.3) is 5.69 Å². The Labute approximate surface area is 166 Å². The number of carbonyl (C=O) groups is 2. The van der Waals surface area contributed by atoms with Crippen LogP contribution in [0.15, 0.2) is 48.5 Å². The van der Waals surface area contributed by atoms with Crippen molar-refractivity contribution in [1.82, 2.24) is 15.4 Å². The lowest BCUT2D eigenvalue weighted by Gasteiger charge is -2.11. The van der Waals surface area contributed by atoms with Crippen LogP contribution >= 0.6 is 0 Å². The Hall–Kier alpha value is -3.68. The van der Waals surface area contributed by atoms with Gasteiger partial charge in [-0.15, -0.1) is 0 Å². The van der Waals surface area contributed by atoms with Crippen molar-refractivity contribution >= 4 is 11.8 Å². The number of benzene rings is 2. The summed E-state index contributed by atoms with van der Waals surface area (Å²) in [6.45, 7) is 3.54. The highest BCUT2D eigenvalue weighted by atomic mass is 19.1. The van der Waals surface area contributed by atoms with Crippen LogP contribution in [-0.2, 0) is 0 Å². The maximum Gasteiger partial charge on any atom is 0.272 e. The monoisotopic (exact) mass is 399 g/mol. The lowest BCUT2D eigenvalue weighted by atomic mass is 10.2. The van der Waals surface area contributed by atoms with Crippen LogP contribution in [0.1, 0.15) is 32.1 Å². The van der Waals surface area contributed by atoms with Gasteiger partial charge in [-0.05, 0) is 56.3 Å². The normalized spacial score (nSPS) is 10.5. The van der Waals surface area contributed by atoms with E-state index < -0.39 is 17.6 Å². The van der Waals surface area contributed by atoms with E-state index in [9.17, 15) is 18.4 Å². The maximum atomic E-state index is 14.0. The first kappa shape index (κ1) is 20.1. The average Bonchev–Trinajstić information content (AvgIpc) is 3.00. The summed E-state index contributed by atoms with van der Waals surface area (Å²) in [5.41, 5.74) is 6.64. The number of hydrogen-bond acceptors (Lipinski definition) is 3. The lowest BCUT2D eigenvalue weighted by molar-refractivity contribution is 0.0844. The molecule has 8 heteroatoms. The van der Waals surface area contributed by atoms with Gasteiger partial charge in [0, 0.05) is 23.1 Å². The number of rotatable bonds is 4. The van der Waals surface area contributed by atoms with Crippen molar-refractivity contribution in [3.8, 4) is 11.4 Å². The number of amides is 2. The zero-order chi connectivity index (χ0) is 21.1. The van der Waals surface area contributed by atoms with E-state index in [0.29, 0.717) is 16.9 Å². The number of halogens is 2. The van der Waals surface area contributed by atoms with Crippen LogP contribution in [0.2, 0.25) is 0 Å². The first-order valence-corrected chi connectivity index (χ1v) is 8.71. The van der Waals surface area contributed by atoms with E-state index in [-0.39, 0.29) is 17.1 Å². The van der Waals surface area contributed by atoms with Gasteiger partial charge in [-0.3, -0.25) is 20.4 Å². The summed E-state index contributed by atoms with van der Waals surface area (Å²) >= 11 is 0. The van der Waals surface area contributed by atoms with Gasteiger partial charge in [0.1, 0.15) is 17.4 Å². The summed E-state index contributed by atoms with van der Waals surface area (Å²) in [4.78, 5) is 24.7. The topological polar surface area (TPSA) is 72.4 Å². The molecule has 0 aliphatic carbocycles. The van der Waals surface area contributed by atoms with Crippen molar-refractivity contribution in [2.75, 3.05) is 7.11 Å². The maximum absolute atomic E-state index is 14.0. The molecule has 3 aromatic rings. The Morgan fingerprint density at radius 2 is 1.52 bits per heavy atom. The van der Waals surface area contributed by atoms with Crippen LogP contribution in [-0.4, -0.2) is 23.5 Å². The molecule has 0 unspecified atom stereocenters. The Bertz CT molecular complexity index is 1080. The molecule has 2 amide bonds. The third kappa shape index (κ3) is 4.11. The lowest BCUT2D eigenvalue weighted by Crippen LogP contribution is -2.42. The quantitative estimate of drug-likeness (QED) is 0.660. The Morgan fingerprint density at radius 1 is 0.897 bits per heavy atom. The predicted molar refractivity (Wildman–Crippen MR) is 103 cm³/mol. The van der Waals surface area contributed by atoms with Gasteiger partial charge in [-0.25, -0.2) is 8.78 Å². The highest BCUT2D eigenvalue weighted by Crippen LogP contribution is 2.21. The first-order chi connectivity index (χ1) is 13.8. The highest BCUT2D eigenvalue weighted by molar-refractivity contribution is 6.00. The van der Waals surface area contributed by atoms with Gasteiger partial charge in [0.2, 0.25) is 0 Å². The number of carbonyl (C=O) groups excluding carboxylic acids is 2. The highest BCUT2D eigenvalue weighted by Gasteiger charge is 2.18. The van der Waals surface area contributed by atoms with Crippen molar-refractivity contribution < 1.29 is 23.1 Å². The molecule has 0 fully saturated rings. The minimum Gasteiger partial charge on any atom is -0.497 e. The SMILES string of the molecule is COc1ccc(C(=O)NNC(=O)c2cc(C)n(-c3ccc(F)cc3)c2C)c(F)c1. The second-order valence-electron chi connectivity index (χ2n) is 6.35. The van der Waals surface area contributed by atoms with Crippen molar-refractivity contribution in [1.29, 1.82) is 0 Å². The number of nitrogens with zero attached hydrogens (tertiary/aromatic N) is 1. The van der Waals surface area contributed by atoms with Crippen molar-refractivity contribution in [3.63, 3.8) is 0 Å². The molecule has 0 aliphatic heterocycles. The summed E-state index contributed by atoms with van der Waals surface area (Å²) < 4.78 is 33.8. The number of aryl methyl sites for hydroxylation is 1. The molecule has 0 spiro atoms. The summed E-state index contributed by atoms with van der Waals surface area (Å²) in [5.74, 6) is -2.22. The third-order valence-electron chi connectivity index (χ3n) is 4.47. The summed E-state index contributed by atoms with van der Waals surface area (Å²) in [6.07, 6.45) is 0. The van der Waals surface area contributed by atoms with E-state index in [1.807, 2.05) is 0 Å². The van der Waals surface area contributed by atoms with E-state index in [2.05, 4.69) is 10.9 Å². The number of ether oxygens (including phenoxy) is 1. The zero-order valence-corrected chi connectivity index (χ0v) is 16.0. The van der Waals surface area contributed by atoms with Gasteiger partial charge >= 0.3 is 0 Å². The second kappa shape index (κ2) is 8.14. The largest absolute Gasteiger partial charge is 0.497 e. The van der Waals surface area contributed by atoms with Gasteiger partial charge < -0.3 is 9.30 Å². The smallest absolute Gasteiger partial charge is 0.272 e. The molecule has 0 saturated heterocycles. The summed E-state index contributed by atoms with van der Waals surface area (Å²) in [7, 11) is 1.39. The first-order valence-electron chi connectivity index (χ1n) is 8.71. The fourth-order valence-electron chi connectivity index (χ4n) is 3.04. The molecule has 29 heavy (non-hydrogen) atoms. The standard InChI is InChI=1S/C21H19F2N3O3/c1-12-10-18(13(2)26(12)15-6-4-14(22)5-7-15)21(28)25-24-20(27)17-9-8-16(29-3)11-19(17)23/h4-11H,1-3H3,(H,24,27)(H,25,28). The van der Waals surface area contributed by atoms with E-state index in [1.165, 1.54) is 31.4 Å². The van der Waals surface area contributed by atoms with Gasteiger partial charge in [-0.2, -0.15) is 0 Å². The van der Waals surface area contributed by atoms with Crippen LogP contribution in [0.5, 0.6) is 5.75 Å². The van der Waals surface area contributed by atoms with Crippen LogP contribution in [0.3, 0.4) is 0 Å². The molecule has 0 aliphatic rings. The summed E-state index contributed by atoms with van der Waals surface area (Å²) in [6, 6.07) is 11.3. The molecule has 0 radical (unpaired) electrons. The Morgan fingerprint density at radius 3 is 2.10 bits per heavy atom. The molecule has 0 atom stereocenters. The molecule has 0 bridgehead atoms. The number of methoxy groups -OCH3 is 1. The summed E-state index contributed by atoms with van der Waals surface area (Å²) in [5, 5.41) is 0. The fraction of sp³-hybridized carbons (Fsp3) is 0.143. The molecular weight excluding hydrogens is 380 g/mol. The minimum atomic E-state index is -0.800. The van der Waals surface area contributed by atoms with E-state index in [1.54, 1.807) is 36.6 Å². The molecule has 2 N–H and O–H groups in total. The Balaban J connectivity index is 1.75. The second-order valence-corrected chi connectivity index (χ2v) is 6.35. The van der Waals surface area contributed by atoms with Gasteiger partial charge in [0.05, 0.1) is 18.2 Å². The number of hydrazine groups is 1. The van der Waals surface area contributed by atoms with Crippen molar-refractivity contribution in [2.24, 2.45) is 0 Å². The van der Waals surface area contributed by atoms with Gasteiger partial charge in [0.25, 0.3) is 11.8 Å². The van der Waals surface area contributed by atoms with Crippen molar-refractivity contribution in [3.05, 3.63) is 82.7 Å². The van der Waals surface area contributed by atoms with Crippen LogP contribution in [0.4, 0.5) is 8.78 Å². The van der Waals surface area contributed by atoms with Crippen LogP contribution in [0, 0.1) is 25.5 Å². The van der Waals surface area contributed by atoms with Gasteiger partial charge in [0.15, 0.2) is 0 Å². The molecular formula is C21H19F2N3O3. The molecule has 1 heterocycles. The molecule has 6 nitrogen and oxygen atoms in total. The zero-order valence-electron chi connectivity index (χ0n) is 16.0. The number of aromatic nitrogens is 1. The predicted octanol–water partition coefficient (Wildman–Crippen LogP) is 3.46. The molecule has 2 aromatic carbocycles. The van der Waals surface area contributed by atoms with E-state index in [4.69, 9.17) is 4.74 Å². The molecule has 1 aromatic heterocycles. The molecule has 150 valence electrons. The molecule has 3 rings (SSSR count). The molecule has 0 saturated carbocycles. The minimum absolute atomic E-state index is 0.233. The number of hydrogen-bond donors (Lipinski definition) is 2. The van der Waals surface area contributed by atoms with E-state index in [0.717, 1.165) is 11.8 Å². The average molecular weight is 399 g/mol. The Kier molecular flexibility index (Phi) is 5.63. The van der Waals surface area contributed by atoms with Crippen molar-refractivity contribution in [2.45, 2.75) is 13.8 Å².